The van der Waals surface area contributed by atoms with Crippen molar-refractivity contribution in [3.05, 3.63) is 33.8 Å². The predicted octanol–water partition coefficient (Wildman–Crippen LogP) is 2.45. The largest absolute Gasteiger partial charge is 0.416 e. The third-order valence-corrected chi connectivity index (χ3v) is 3.04. The number of nitrogens with one attached hydrogen (secondary N) is 1. The Hall–Kier alpha value is -0.640. The van der Waals surface area contributed by atoms with Gasteiger partial charge in [-0.25, -0.2) is 0 Å². The van der Waals surface area contributed by atoms with Crippen LogP contribution in [0.4, 0.5) is 13.2 Å². The molecule has 1 N–H and O–H groups in total. The van der Waals surface area contributed by atoms with Crippen LogP contribution in [0.15, 0.2) is 22.7 Å². The van der Waals surface area contributed by atoms with E-state index in [2.05, 4.69) is 25.7 Å². The van der Waals surface area contributed by atoms with E-state index >= 15 is 0 Å². The van der Waals surface area contributed by atoms with Crippen LogP contribution >= 0.6 is 15.9 Å². The van der Waals surface area contributed by atoms with E-state index in [1.165, 1.54) is 6.07 Å². The minimum absolute atomic E-state index is 0.183. The van der Waals surface area contributed by atoms with Crippen LogP contribution < -0.4 is 5.48 Å². The molecule has 0 aliphatic heterocycles. The molecule has 0 heterocycles. The minimum atomic E-state index is -4.45. The fourth-order valence-corrected chi connectivity index (χ4v) is 1.76. The van der Waals surface area contributed by atoms with Crippen molar-refractivity contribution in [2.45, 2.75) is 12.7 Å². The lowest BCUT2D eigenvalue weighted by Gasteiger charge is -2.10. The first-order valence-corrected chi connectivity index (χ1v) is 7.17. The second-order valence-corrected chi connectivity index (χ2v) is 5.84. The predicted molar refractivity (Wildman–Crippen MR) is 61.9 cm³/mol. The lowest BCUT2D eigenvalue weighted by Crippen LogP contribution is -2.19. The van der Waals surface area contributed by atoms with E-state index in [0.29, 0.717) is 4.47 Å². The zero-order valence-corrected chi connectivity index (χ0v) is 11.5. The van der Waals surface area contributed by atoms with Gasteiger partial charge in [0.2, 0.25) is 0 Å². The van der Waals surface area contributed by atoms with Crippen molar-refractivity contribution >= 4 is 26.0 Å². The maximum absolute atomic E-state index is 12.4. The molecule has 4 nitrogen and oxygen atoms in total. The van der Waals surface area contributed by atoms with Crippen molar-refractivity contribution in [1.82, 2.24) is 5.48 Å². The Balaban J connectivity index is 2.82. The number of rotatable bonds is 4. The molecule has 0 bridgehead atoms. The Morgan fingerprint density at radius 3 is 2.50 bits per heavy atom. The maximum Gasteiger partial charge on any atom is 0.416 e. The molecule has 0 amide bonds. The third kappa shape index (κ3) is 4.92. The molecule has 0 radical (unpaired) electrons. The van der Waals surface area contributed by atoms with Gasteiger partial charge in [0, 0.05) is 11.0 Å². The molecule has 102 valence electrons. The molecule has 9 heteroatoms. The second kappa shape index (κ2) is 5.55. The summed E-state index contributed by atoms with van der Waals surface area (Å²) in [7, 11) is -3.69. The SMILES string of the molecule is CS(=O)(=O)ONCc1cc(C(F)(F)F)ccc1Br. The van der Waals surface area contributed by atoms with Crippen molar-refractivity contribution in [3.8, 4) is 0 Å². The van der Waals surface area contributed by atoms with Crippen molar-refractivity contribution in [2.24, 2.45) is 0 Å². The maximum atomic E-state index is 12.4. The van der Waals surface area contributed by atoms with Gasteiger partial charge in [0.1, 0.15) is 0 Å². The molecular weight excluding hydrogens is 339 g/mol. The number of alkyl halides is 3. The van der Waals surface area contributed by atoms with Crippen molar-refractivity contribution in [1.29, 1.82) is 0 Å². The number of benzene rings is 1. The summed E-state index contributed by atoms with van der Waals surface area (Å²) >= 11 is 3.07. The topological polar surface area (TPSA) is 55.4 Å². The summed E-state index contributed by atoms with van der Waals surface area (Å²) in [6.45, 7) is -0.183. The average molecular weight is 348 g/mol. The van der Waals surface area contributed by atoms with E-state index in [4.69, 9.17) is 0 Å². The van der Waals surface area contributed by atoms with Gasteiger partial charge in [-0.15, -0.1) is 0 Å². The molecule has 18 heavy (non-hydrogen) atoms. The molecule has 0 aromatic heterocycles. The Morgan fingerprint density at radius 2 is 2.00 bits per heavy atom. The summed E-state index contributed by atoms with van der Waals surface area (Å²) < 4.78 is 63.3. The highest BCUT2D eigenvalue weighted by Gasteiger charge is 2.30. The molecule has 0 atom stereocenters. The lowest BCUT2D eigenvalue weighted by molar-refractivity contribution is -0.137. The molecule has 1 aromatic rings. The van der Waals surface area contributed by atoms with Gasteiger partial charge >= 0.3 is 6.18 Å². The summed E-state index contributed by atoms with van der Waals surface area (Å²) in [4.78, 5) is 0. The number of hydroxylamine groups is 1. The van der Waals surface area contributed by atoms with Crippen molar-refractivity contribution in [3.63, 3.8) is 0 Å². The molecule has 1 rings (SSSR count). The quantitative estimate of drug-likeness (QED) is 0.850. The zero-order chi connectivity index (χ0) is 14.0. The Morgan fingerprint density at radius 1 is 1.39 bits per heavy atom. The van der Waals surface area contributed by atoms with Crippen molar-refractivity contribution in [2.75, 3.05) is 6.26 Å². The summed E-state index contributed by atoms with van der Waals surface area (Å²) in [5.74, 6) is 0. The molecule has 0 aliphatic carbocycles. The number of hydrogen-bond donors (Lipinski definition) is 1. The van der Waals surface area contributed by atoms with Gasteiger partial charge in [0.05, 0.1) is 11.8 Å². The zero-order valence-electron chi connectivity index (χ0n) is 9.08. The molecule has 0 saturated carbocycles. The van der Waals surface area contributed by atoms with E-state index in [1.807, 2.05) is 0 Å². The fraction of sp³-hybridized carbons (Fsp3) is 0.333. The van der Waals surface area contributed by atoms with E-state index in [9.17, 15) is 21.6 Å². The summed E-state index contributed by atoms with van der Waals surface area (Å²) in [5, 5.41) is 0. The summed E-state index contributed by atoms with van der Waals surface area (Å²) in [6.07, 6.45) is -3.63. The van der Waals surface area contributed by atoms with E-state index in [1.54, 1.807) is 0 Å². The number of halogens is 4. The third-order valence-electron chi connectivity index (χ3n) is 1.85. The van der Waals surface area contributed by atoms with Crippen LogP contribution in [0.2, 0.25) is 0 Å². The highest BCUT2D eigenvalue weighted by Crippen LogP contribution is 2.31. The van der Waals surface area contributed by atoms with Gasteiger partial charge in [-0.05, 0) is 23.8 Å². The standard InChI is InChI=1S/C9H9BrF3NO3S/c1-18(15,16)17-14-5-6-4-7(9(11,12)13)2-3-8(6)10/h2-4,14H,5H2,1H3. The second-order valence-electron chi connectivity index (χ2n) is 3.41. The highest BCUT2D eigenvalue weighted by molar-refractivity contribution is 9.10. The molecule has 1 aromatic carbocycles. The van der Waals surface area contributed by atoms with Gasteiger partial charge in [0.15, 0.2) is 0 Å². The normalized spacial score (nSPS) is 12.7. The van der Waals surface area contributed by atoms with E-state index < -0.39 is 21.9 Å². The van der Waals surface area contributed by atoms with Crippen LogP contribution in [0.1, 0.15) is 11.1 Å². The average Bonchev–Trinajstić information content (AvgIpc) is 2.17. The molecule has 0 fully saturated rings. The number of hydrogen-bond acceptors (Lipinski definition) is 4. The molecule has 0 unspecified atom stereocenters. The molecule has 0 spiro atoms. The Labute approximate surface area is 110 Å². The summed E-state index contributed by atoms with van der Waals surface area (Å²) in [5.41, 5.74) is 1.49. The van der Waals surface area contributed by atoms with Crippen LogP contribution in [0.5, 0.6) is 0 Å². The molecule has 0 aliphatic rings. The summed E-state index contributed by atoms with van der Waals surface area (Å²) in [6, 6.07) is 3.06. The van der Waals surface area contributed by atoms with Crippen LogP contribution in [0.25, 0.3) is 0 Å². The smallest absolute Gasteiger partial charge is 0.198 e. The lowest BCUT2D eigenvalue weighted by atomic mass is 10.1. The van der Waals surface area contributed by atoms with E-state index in [0.717, 1.165) is 18.4 Å². The fourth-order valence-electron chi connectivity index (χ4n) is 1.10. The van der Waals surface area contributed by atoms with Gasteiger partial charge < -0.3 is 0 Å². The van der Waals surface area contributed by atoms with Gasteiger partial charge in [-0.2, -0.15) is 31.4 Å². The van der Waals surface area contributed by atoms with E-state index in [-0.39, 0.29) is 12.1 Å². The van der Waals surface area contributed by atoms with Crippen LogP contribution in [0, 0.1) is 0 Å². The van der Waals surface area contributed by atoms with Crippen LogP contribution in [-0.4, -0.2) is 14.7 Å². The first-order chi connectivity index (χ1) is 8.09. The van der Waals surface area contributed by atoms with Crippen LogP contribution in [0.3, 0.4) is 0 Å². The molecule has 0 saturated heterocycles. The monoisotopic (exact) mass is 347 g/mol. The first kappa shape index (κ1) is 15.4. The van der Waals surface area contributed by atoms with Crippen molar-refractivity contribution < 1.29 is 25.9 Å². The van der Waals surface area contributed by atoms with Gasteiger partial charge in [-0.1, -0.05) is 15.9 Å². The van der Waals surface area contributed by atoms with Gasteiger partial charge in [0.25, 0.3) is 10.1 Å². The Kier molecular flexibility index (Phi) is 4.76. The molecular formula is C9H9BrF3NO3S. The highest BCUT2D eigenvalue weighted by atomic mass is 79.9. The van der Waals surface area contributed by atoms with Gasteiger partial charge in [-0.3, -0.25) is 0 Å². The minimum Gasteiger partial charge on any atom is -0.198 e. The Bertz CT molecular complexity index is 530. The van der Waals surface area contributed by atoms with Crippen LogP contribution in [-0.2, 0) is 27.1 Å². The first-order valence-electron chi connectivity index (χ1n) is 4.56.